The zero-order valence-corrected chi connectivity index (χ0v) is 12.4. The number of rotatable bonds is 3. The maximum absolute atomic E-state index is 3.97. The van der Waals surface area contributed by atoms with Crippen LogP contribution in [0.15, 0.2) is 0 Å². The smallest absolute Gasteiger partial charge is 0.0175 e. The van der Waals surface area contributed by atoms with Gasteiger partial charge in [-0.15, -0.1) is 0 Å². The van der Waals surface area contributed by atoms with Crippen molar-refractivity contribution in [3.63, 3.8) is 0 Å². The van der Waals surface area contributed by atoms with Crippen molar-refractivity contribution >= 4 is 11.8 Å². The molecule has 0 radical (unpaired) electrons. The van der Waals surface area contributed by atoms with Crippen LogP contribution in [-0.4, -0.2) is 24.1 Å². The Morgan fingerprint density at radius 3 is 2.65 bits per heavy atom. The molecule has 1 nitrogen and oxygen atoms in total. The van der Waals surface area contributed by atoms with Crippen molar-refractivity contribution in [1.29, 1.82) is 0 Å². The van der Waals surface area contributed by atoms with E-state index in [1.807, 2.05) is 0 Å². The average molecular weight is 253 g/mol. The van der Waals surface area contributed by atoms with E-state index in [1.165, 1.54) is 43.7 Å². The maximum atomic E-state index is 3.97. The van der Waals surface area contributed by atoms with Gasteiger partial charge in [-0.2, -0.15) is 11.8 Å². The highest BCUT2D eigenvalue weighted by Crippen LogP contribution is 2.62. The highest BCUT2D eigenvalue weighted by Gasteiger charge is 2.58. The molecule has 3 fully saturated rings. The van der Waals surface area contributed by atoms with Crippen LogP contribution in [0.5, 0.6) is 0 Å². The van der Waals surface area contributed by atoms with Crippen LogP contribution in [0.2, 0.25) is 0 Å². The fraction of sp³-hybridized carbons (Fsp3) is 1.00. The molecule has 3 aliphatic rings. The Labute approximate surface area is 111 Å². The summed E-state index contributed by atoms with van der Waals surface area (Å²) >= 11 is 2.14. The van der Waals surface area contributed by atoms with E-state index >= 15 is 0 Å². The summed E-state index contributed by atoms with van der Waals surface area (Å²) in [5.41, 5.74) is 1.12. The van der Waals surface area contributed by atoms with Gasteiger partial charge in [0.2, 0.25) is 0 Å². The Balaban J connectivity index is 1.65. The van der Waals surface area contributed by atoms with Gasteiger partial charge in [0.25, 0.3) is 0 Å². The third kappa shape index (κ3) is 1.96. The van der Waals surface area contributed by atoms with Gasteiger partial charge in [0.15, 0.2) is 0 Å². The molecule has 3 rings (SSSR count). The zero-order valence-electron chi connectivity index (χ0n) is 11.6. The zero-order chi connectivity index (χ0) is 12.1. The van der Waals surface area contributed by atoms with E-state index in [2.05, 4.69) is 37.8 Å². The van der Waals surface area contributed by atoms with Crippen molar-refractivity contribution in [2.75, 3.05) is 18.1 Å². The van der Waals surface area contributed by atoms with Crippen molar-refractivity contribution in [1.82, 2.24) is 5.32 Å². The molecular weight excluding hydrogens is 226 g/mol. The lowest BCUT2D eigenvalue weighted by atomic mass is 9.68. The standard InChI is InChI=1S/C15H27NS/c1-14(2)12-4-6-15(3,8-12)13(14)16-9-11-5-7-17-10-11/h11-13,16H,4-10H2,1-3H3/t11?,12-,13?,15+/m0/s1. The minimum Gasteiger partial charge on any atom is -0.313 e. The van der Waals surface area contributed by atoms with E-state index in [0.29, 0.717) is 10.8 Å². The molecule has 98 valence electrons. The Bertz CT molecular complexity index is 291. The summed E-state index contributed by atoms with van der Waals surface area (Å²) in [5, 5.41) is 3.97. The number of thioether (sulfide) groups is 1. The first-order valence-electron chi connectivity index (χ1n) is 7.33. The van der Waals surface area contributed by atoms with Crippen LogP contribution in [-0.2, 0) is 0 Å². The van der Waals surface area contributed by atoms with Crippen LogP contribution in [0.1, 0.15) is 46.5 Å². The third-order valence-corrected chi connectivity index (χ3v) is 7.14. The van der Waals surface area contributed by atoms with Crippen molar-refractivity contribution in [3.05, 3.63) is 0 Å². The molecule has 0 spiro atoms. The van der Waals surface area contributed by atoms with Crippen LogP contribution < -0.4 is 5.32 Å². The summed E-state index contributed by atoms with van der Waals surface area (Å²) in [4.78, 5) is 0. The van der Waals surface area contributed by atoms with Crippen molar-refractivity contribution in [2.45, 2.75) is 52.5 Å². The molecule has 0 amide bonds. The fourth-order valence-corrected chi connectivity index (χ4v) is 6.12. The second kappa shape index (κ2) is 4.16. The summed E-state index contributed by atoms with van der Waals surface area (Å²) in [6.07, 6.45) is 5.83. The molecule has 1 aliphatic heterocycles. The fourth-order valence-electron chi connectivity index (χ4n) is 4.84. The monoisotopic (exact) mass is 253 g/mol. The number of hydrogen-bond donors (Lipinski definition) is 1. The van der Waals surface area contributed by atoms with Gasteiger partial charge in [-0.3, -0.25) is 0 Å². The molecule has 2 heteroatoms. The van der Waals surface area contributed by atoms with Gasteiger partial charge in [0.05, 0.1) is 0 Å². The molecule has 0 aromatic carbocycles. The summed E-state index contributed by atoms with van der Waals surface area (Å²) in [6.45, 7) is 8.80. The van der Waals surface area contributed by atoms with E-state index < -0.39 is 0 Å². The second-order valence-corrected chi connectivity index (χ2v) is 8.64. The number of nitrogens with one attached hydrogen (secondary N) is 1. The highest BCUT2D eigenvalue weighted by atomic mass is 32.2. The van der Waals surface area contributed by atoms with Gasteiger partial charge < -0.3 is 5.32 Å². The van der Waals surface area contributed by atoms with Crippen molar-refractivity contribution in [3.8, 4) is 0 Å². The lowest BCUT2D eigenvalue weighted by molar-refractivity contribution is 0.106. The Morgan fingerprint density at radius 1 is 1.24 bits per heavy atom. The number of hydrogen-bond acceptors (Lipinski definition) is 2. The van der Waals surface area contributed by atoms with Gasteiger partial charge in [-0.05, 0) is 66.4 Å². The molecule has 2 aliphatic carbocycles. The predicted molar refractivity (Wildman–Crippen MR) is 76.5 cm³/mol. The predicted octanol–water partition coefficient (Wildman–Crippen LogP) is 3.54. The molecule has 1 heterocycles. The van der Waals surface area contributed by atoms with Crippen LogP contribution in [0.25, 0.3) is 0 Å². The highest BCUT2D eigenvalue weighted by molar-refractivity contribution is 7.99. The van der Waals surface area contributed by atoms with E-state index in [4.69, 9.17) is 0 Å². The van der Waals surface area contributed by atoms with Crippen LogP contribution in [0.3, 0.4) is 0 Å². The average Bonchev–Trinajstić information content (AvgIpc) is 2.90. The molecule has 2 unspecified atom stereocenters. The van der Waals surface area contributed by atoms with Gasteiger partial charge in [0.1, 0.15) is 0 Å². The molecule has 4 atom stereocenters. The normalized spacial score (nSPS) is 47.8. The minimum absolute atomic E-state index is 0.527. The van der Waals surface area contributed by atoms with Crippen LogP contribution in [0.4, 0.5) is 0 Å². The topological polar surface area (TPSA) is 12.0 Å². The Morgan fingerprint density at radius 2 is 2.06 bits per heavy atom. The lowest BCUT2D eigenvalue weighted by Gasteiger charge is -2.43. The van der Waals surface area contributed by atoms with Gasteiger partial charge >= 0.3 is 0 Å². The maximum Gasteiger partial charge on any atom is 0.0175 e. The van der Waals surface area contributed by atoms with Crippen LogP contribution in [0, 0.1) is 22.7 Å². The molecule has 2 saturated carbocycles. The quantitative estimate of drug-likeness (QED) is 0.825. The summed E-state index contributed by atoms with van der Waals surface area (Å²) in [6, 6.07) is 0.763. The molecule has 0 aromatic rings. The second-order valence-electron chi connectivity index (χ2n) is 7.49. The number of fused-ring (bicyclic) bond motifs is 2. The molecule has 1 N–H and O–H groups in total. The van der Waals surface area contributed by atoms with Gasteiger partial charge in [0, 0.05) is 6.04 Å². The lowest BCUT2D eigenvalue weighted by Crippen LogP contribution is -2.51. The molecule has 17 heavy (non-hydrogen) atoms. The van der Waals surface area contributed by atoms with E-state index in [9.17, 15) is 0 Å². The van der Waals surface area contributed by atoms with Gasteiger partial charge in [-0.25, -0.2) is 0 Å². The summed E-state index contributed by atoms with van der Waals surface area (Å²) in [5.74, 6) is 4.70. The van der Waals surface area contributed by atoms with E-state index in [-0.39, 0.29) is 0 Å². The van der Waals surface area contributed by atoms with E-state index in [1.54, 1.807) is 0 Å². The van der Waals surface area contributed by atoms with Crippen molar-refractivity contribution in [2.24, 2.45) is 22.7 Å². The minimum atomic E-state index is 0.527. The first kappa shape index (κ1) is 12.3. The molecular formula is C15H27NS. The molecule has 1 saturated heterocycles. The Kier molecular flexibility index (Phi) is 3.02. The van der Waals surface area contributed by atoms with Crippen LogP contribution >= 0.6 is 11.8 Å². The largest absolute Gasteiger partial charge is 0.313 e. The summed E-state index contributed by atoms with van der Waals surface area (Å²) in [7, 11) is 0. The first-order valence-corrected chi connectivity index (χ1v) is 8.49. The molecule has 2 bridgehead atoms. The Hall–Kier alpha value is 0.310. The summed E-state index contributed by atoms with van der Waals surface area (Å²) < 4.78 is 0. The molecule has 0 aromatic heterocycles. The van der Waals surface area contributed by atoms with Gasteiger partial charge in [-0.1, -0.05) is 20.8 Å². The third-order valence-electron chi connectivity index (χ3n) is 5.90. The SMILES string of the molecule is CC1(C)C(NCC2CCSC2)[C@]2(C)CC[C@H]1C2. The van der Waals surface area contributed by atoms with E-state index in [0.717, 1.165) is 17.9 Å². The van der Waals surface area contributed by atoms with Crippen molar-refractivity contribution < 1.29 is 0 Å². The first-order chi connectivity index (χ1) is 8.02.